The van der Waals surface area contributed by atoms with Crippen LogP contribution < -0.4 is 16.0 Å². The van der Waals surface area contributed by atoms with Gasteiger partial charge in [0.05, 0.1) is 12.1 Å². The number of carbonyl (C=O) groups is 1. The Morgan fingerprint density at radius 2 is 1.76 bits per heavy atom. The van der Waals surface area contributed by atoms with Gasteiger partial charge in [-0.1, -0.05) is 30.3 Å². The Balaban J connectivity index is 2.50. The van der Waals surface area contributed by atoms with E-state index in [-0.39, 0.29) is 0 Å². The van der Waals surface area contributed by atoms with Gasteiger partial charge in [-0.25, -0.2) is 4.79 Å². The number of aliphatic imine (C=N–C) groups is 1. The van der Waals surface area contributed by atoms with Crippen molar-refractivity contribution in [2.24, 2.45) is 4.99 Å². The van der Waals surface area contributed by atoms with Gasteiger partial charge < -0.3 is 20.7 Å². The maximum atomic E-state index is 12.3. The lowest BCUT2D eigenvalue weighted by Gasteiger charge is -2.27. The Morgan fingerprint density at radius 1 is 1.10 bits per heavy atom. The molecule has 1 aromatic rings. The first kappa shape index (κ1) is 24.9. The number of amides is 1. The van der Waals surface area contributed by atoms with Crippen LogP contribution >= 0.6 is 0 Å². The van der Waals surface area contributed by atoms with Crippen molar-refractivity contribution in [1.82, 2.24) is 16.0 Å². The van der Waals surface area contributed by atoms with Crippen molar-refractivity contribution in [1.29, 1.82) is 0 Å². The zero-order valence-corrected chi connectivity index (χ0v) is 19.3. The van der Waals surface area contributed by atoms with Crippen LogP contribution in [-0.4, -0.2) is 52.8 Å². The summed E-state index contributed by atoms with van der Waals surface area (Å²) in [5.41, 5.74) is -0.0442. The van der Waals surface area contributed by atoms with E-state index in [9.17, 15) is 9.00 Å². The van der Waals surface area contributed by atoms with Crippen molar-refractivity contribution in [2.45, 2.75) is 58.4 Å². The Labute approximate surface area is 177 Å². The van der Waals surface area contributed by atoms with Crippen LogP contribution in [-0.2, 0) is 21.3 Å². The van der Waals surface area contributed by atoms with Gasteiger partial charge in [0.1, 0.15) is 5.60 Å². The van der Waals surface area contributed by atoms with E-state index in [0.29, 0.717) is 37.1 Å². The molecule has 0 spiro atoms. The van der Waals surface area contributed by atoms with Gasteiger partial charge in [-0.2, -0.15) is 0 Å². The molecule has 7 nitrogen and oxygen atoms in total. The maximum absolute atomic E-state index is 12.3. The second-order valence-corrected chi connectivity index (χ2v) is 9.98. The third-order valence-electron chi connectivity index (χ3n) is 3.61. The number of nitrogens with one attached hydrogen (secondary N) is 3. The van der Waals surface area contributed by atoms with Gasteiger partial charge in [-0.15, -0.1) is 0 Å². The summed E-state index contributed by atoms with van der Waals surface area (Å²) in [6.45, 7) is 12.9. The smallest absolute Gasteiger partial charge is 0.408 e. The summed E-state index contributed by atoms with van der Waals surface area (Å²) < 4.78 is 17.6. The topological polar surface area (TPSA) is 91.8 Å². The molecule has 0 aliphatic heterocycles. The first-order chi connectivity index (χ1) is 13.5. The van der Waals surface area contributed by atoms with Crippen LogP contribution in [0, 0.1) is 0 Å². The Bertz CT molecular complexity index is 685. The Hall–Kier alpha value is -2.09. The third-order valence-corrected chi connectivity index (χ3v) is 4.92. The molecule has 0 bridgehead atoms. The molecule has 1 unspecified atom stereocenters. The number of nitrogens with zero attached hydrogens (tertiary/aromatic N) is 1. The molecule has 164 valence electrons. The van der Waals surface area contributed by atoms with Gasteiger partial charge in [0, 0.05) is 35.4 Å². The van der Waals surface area contributed by atoms with E-state index in [1.165, 1.54) is 0 Å². The second-order valence-electron chi connectivity index (χ2n) is 8.41. The number of guanidine groups is 1. The fourth-order valence-corrected chi connectivity index (χ4v) is 3.39. The summed E-state index contributed by atoms with van der Waals surface area (Å²) in [7, 11) is -0.949. The fraction of sp³-hybridized carbons (Fsp3) is 0.619. The zero-order chi connectivity index (χ0) is 21.9. The summed E-state index contributed by atoms with van der Waals surface area (Å²) in [5, 5.41) is 9.21. The summed E-state index contributed by atoms with van der Waals surface area (Å²) in [6, 6.07) is 9.82. The largest absolute Gasteiger partial charge is 0.444 e. The molecule has 1 amide bonds. The van der Waals surface area contributed by atoms with Crippen molar-refractivity contribution in [3.8, 4) is 0 Å². The molecule has 0 heterocycles. The van der Waals surface area contributed by atoms with Crippen LogP contribution in [0.3, 0.4) is 0 Å². The second kappa shape index (κ2) is 11.8. The zero-order valence-electron chi connectivity index (χ0n) is 18.5. The number of hydrogen-bond donors (Lipinski definition) is 3. The molecule has 29 heavy (non-hydrogen) atoms. The van der Waals surface area contributed by atoms with Crippen molar-refractivity contribution in [2.75, 3.05) is 25.4 Å². The lowest BCUT2D eigenvalue weighted by molar-refractivity contribution is 0.0476. The number of hydrogen-bond acceptors (Lipinski definition) is 4. The average molecular weight is 425 g/mol. The average Bonchev–Trinajstić information content (AvgIpc) is 2.58. The molecule has 0 fully saturated rings. The van der Waals surface area contributed by atoms with Crippen LogP contribution in [0.2, 0.25) is 0 Å². The summed E-state index contributed by atoms with van der Waals surface area (Å²) in [6.07, 6.45) is -0.466. The number of carbonyl (C=O) groups excluding carboxylic acids is 1. The molecular weight excluding hydrogens is 388 g/mol. The van der Waals surface area contributed by atoms with Gasteiger partial charge in [-0.3, -0.25) is 9.20 Å². The van der Waals surface area contributed by atoms with E-state index < -0.39 is 28.0 Å². The normalized spacial score (nSPS) is 13.5. The highest BCUT2D eigenvalue weighted by atomic mass is 32.2. The van der Waals surface area contributed by atoms with E-state index in [4.69, 9.17) is 4.74 Å². The molecule has 3 N–H and O–H groups in total. The Morgan fingerprint density at radius 3 is 2.34 bits per heavy atom. The molecule has 1 aromatic carbocycles. The molecule has 0 aliphatic carbocycles. The van der Waals surface area contributed by atoms with Crippen LogP contribution in [0.1, 0.15) is 47.1 Å². The van der Waals surface area contributed by atoms with Gasteiger partial charge in [-0.05, 0) is 47.1 Å². The van der Waals surface area contributed by atoms with Crippen molar-refractivity contribution < 1.29 is 13.7 Å². The summed E-state index contributed by atoms with van der Waals surface area (Å²) >= 11 is 0. The highest BCUT2D eigenvalue weighted by molar-refractivity contribution is 7.84. The summed E-state index contributed by atoms with van der Waals surface area (Å²) in [5.74, 6) is 1.70. The predicted molar refractivity (Wildman–Crippen MR) is 121 cm³/mol. The molecule has 0 radical (unpaired) electrons. The number of ether oxygens (including phenoxy) is 1. The SMILES string of the molecule is CCNC(=NCC(C)(C)NC(=O)OC(C)(C)C)NCCS(=O)Cc1ccccc1. The van der Waals surface area contributed by atoms with Crippen LogP contribution in [0.5, 0.6) is 0 Å². The number of rotatable bonds is 9. The third kappa shape index (κ3) is 12.2. The molecule has 8 heteroatoms. The molecule has 0 saturated heterocycles. The van der Waals surface area contributed by atoms with Gasteiger partial charge in [0.25, 0.3) is 0 Å². The van der Waals surface area contributed by atoms with E-state index >= 15 is 0 Å². The minimum Gasteiger partial charge on any atom is -0.444 e. The molecule has 0 aromatic heterocycles. The molecule has 1 atom stereocenters. The quantitative estimate of drug-likeness (QED) is 0.419. The van der Waals surface area contributed by atoms with E-state index in [1.54, 1.807) is 0 Å². The van der Waals surface area contributed by atoms with E-state index in [0.717, 1.165) is 5.56 Å². The highest BCUT2D eigenvalue weighted by Gasteiger charge is 2.24. The van der Waals surface area contributed by atoms with Gasteiger partial charge in [0.15, 0.2) is 5.96 Å². The fourth-order valence-electron chi connectivity index (χ4n) is 2.35. The molecular formula is C21H36N4O3S. The van der Waals surface area contributed by atoms with Crippen molar-refractivity contribution in [3.63, 3.8) is 0 Å². The predicted octanol–water partition coefficient (Wildman–Crippen LogP) is 2.79. The molecule has 0 saturated carbocycles. The standard InChI is InChI=1S/C21H36N4O3S/c1-7-22-18(23-13-14-29(27)15-17-11-9-8-10-12-17)24-16-21(5,6)25-19(26)28-20(2,3)4/h8-12H,7,13-16H2,1-6H3,(H,25,26)(H2,22,23,24). The van der Waals surface area contributed by atoms with Gasteiger partial charge >= 0.3 is 6.09 Å². The van der Waals surface area contributed by atoms with E-state index in [2.05, 4.69) is 20.9 Å². The minimum atomic E-state index is -0.949. The van der Waals surface area contributed by atoms with Crippen molar-refractivity contribution in [3.05, 3.63) is 35.9 Å². The minimum absolute atomic E-state index is 0.370. The highest BCUT2D eigenvalue weighted by Crippen LogP contribution is 2.09. The van der Waals surface area contributed by atoms with Crippen LogP contribution in [0.15, 0.2) is 35.3 Å². The van der Waals surface area contributed by atoms with Gasteiger partial charge in [0.2, 0.25) is 0 Å². The number of alkyl carbamates (subject to hydrolysis) is 1. The Kier molecular flexibility index (Phi) is 10.2. The van der Waals surface area contributed by atoms with Crippen LogP contribution in [0.25, 0.3) is 0 Å². The monoisotopic (exact) mass is 424 g/mol. The number of benzene rings is 1. The first-order valence-electron chi connectivity index (χ1n) is 9.93. The lowest BCUT2D eigenvalue weighted by atomic mass is 10.1. The molecule has 1 rings (SSSR count). The van der Waals surface area contributed by atoms with Crippen LogP contribution in [0.4, 0.5) is 4.79 Å². The first-order valence-corrected chi connectivity index (χ1v) is 11.4. The summed E-state index contributed by atoms with van der Waals surface area (Å²) in [4.78, 5) is 16.5. The van der Waals surface area contributed by atoms with E-state index in [1.807, 2.05) is 71.9 Å². The van der Waals surface area contributed by atoms with Crippen molar-refractivity contribution >= 4 is 22.9 Å². The maximum Gasteiger partial charge on any atom is 0.408 e. The lowest BCUT2D eigenvalue weighted by Crippen LogP contribution is -2.49. The molecule has 0 aliphatic rings.